The second kappa shape index (κ2) is 7.51. The van der Waals surface area contributed by atoms with Gasteiger partial charge in [0.15, 0.2) is 5.69 Å². The Morgan fingerprint density at radius 2 is 1.89 bits per heavy atom. The van der Waals surface area contributed by atoms with Crippen molar-refractivity contribution in [2.45, 2.75) is 0 Å². The van der Waals surface area contributed by atoms with Gasteiger partial charge in [-0.2, -0.15) is 5.26 Å². The maximum atomic E-state index is 12.1. The van der Waals surface area contributed by atoms with E-state index in [1.807, 2.05) is 6.07 Å². The van der Waals surface area contributed by atoms with Crippen molar-refractivity contribution in [2.24, 2.45) is 5.73 Å². The summed E-state index contributed by atoms with van der Waals surface area (Å²) in [6.45, 7) is 0. The molecule has 0 fully saturated rings. The molecule has 1 aromatic carbocycles. The molecular weight excluding hydrogens is 362 g/mol. The Balaban J connectivity index is 1.92. The van der Waals surface area contributed by atoms with Crippen molar-refractivity contribution in [1.82, 2.24) is 9.55 Å². The summed E-state index contributed by atoms with van der Waals surface area (Å²) < 4.78 is 11.9. The van der Waals surface area contributed by atoms with Gasteiger partial charge < -0.3 is 25.5 Å². The second-order valence-corrected chi connectivity index (χ2v) is 5.62. The predicted molar refractivity (Wildman–Crippen MR) is 99.1 cm³/mol. The Morgan fingerprint density at radius 1 is 1.18 bits per heavy atom. The molecule has 0 spiro atoms. The number of anilines is 1. The number of hydrogen-bond acceptors (Lipinski definition) is 7. The van der Waals surface area contributed by atoms with Crippen LogP contribution in [0.25, 0.3) is 5.69 Å². The van der Waals surface area contributed by atoms with Gasteiger partial charge in [0.1, 0.15) is 23.3 Å². The minimum atomic E-state index is -0.658. The molecule has 0 unspecified atom stereocenters. The van der Waals surface area contributed by atoms with Gasteiger partial charge in [-0.15, -0.1) is 0 Å². The number of aromatic nitrogens is 2. The van der Waals surface area contributed by atoms with Crippen LogP contribution < -0.4 is 16.2 Å². The van der Waals surface area contributed by atoms with Crippen molar-refractivity contribution in [3.63, 3.8) is 0 Å². The zero-order valence-corrected chi connectivity index (χ0v) is 14.7. The van der Waals surface area contributed by atoms with E-state index in [9.17, 15) is 14.9 Å². The van der Waals surface area contributed by atoms with Crippen LogP contribution >= 0.6 is 0 Å². The molecule has 140 valence electrons. The summed E-state index contributed by atoms with van der Waals surface area (Å²) in [6.07, 6.45) is 2.87. The zero-order chi connectivity index (χ0) is 20.3. The highest BCUT2D eigenvalue weighted by atomic mass is 16.5. The first-order valence-electron chi connectivity index (χ1n) is 7.98. The van der Waals surface area contributed by atoms with Crippen molar-refractivity contribution in [1.29, 1.82) is 5.26 Å². The first kappa shape index (κ1) is 18.5. The van der Waals surface area contributed by atoms with E-state index in [1.165, 1.54) is 30.1 Å². The molecule has 9 heteroatoms. The molecular formula is C19H15N5O4. The molecule has 0 aliphatic carbocycles. The van der Waals surface area contributed by atoms with Crippen molar-refractivity contribution in [3.8, 4) is 23.3 Å². The summed E-state index contributed by atoms with van der Waals surface area (Å²) in [5, 5.41) is 9.17. The molecule has 0 aliphatic rings. The molecule has 0 bridgehead atoms. The van der Waals surface area contributed by atoms with Crippen molar-refractivity contribution in [3.05, 3.63) is 65.7 Å². The number of carbonyl (C=O) groups excluding carboxylic acids is 2. The Morgan fingerprint density at radius 3 is 2.50 bits per heavy atom. The number of nitriles is 1. The van der Waals surface area contributed by atoms with Gasteiger partial charge in [-0.3, -0.25) is 9.78 Å². The van der Waals surface area contributed by atoms with E-state index in [0.717, 1.165) is 0 Å². The maximum absolute atomic E-state index is 12.1. The summed E-state index contributed by atoms with van der Waals surface area (Å²) in [6, 6.07) is 11.6. The highest BCUT2D eigenvalue weighted by molar-refractivity contribution is 5.96. The molecule has 0 radical (unpaired) electrons. The largest absolute Gasteiger partial charge is 0.464 e. The number of amides is 1. The van der Waals surface area contributed by atoms with Gasteiger partial charge in [0.05, 0.1) is 18.4 Å². The van der Waals surface area contributed by atoms with Crippen LogP contribution in [-0.4, -0.2) is 28.5 Å². The van der Waals surface area contributed by atoms with Crippen LogP contribution in [0, 0.1) is 11.3 Å². The van der Waals surface area contributed by atoms with E-state index in [-0.39, 0.29) is 22.6 Å². The first-order chi connectivity index (χ1) is 13.4. The first-order valence-corrected chi connectivity index (χ1v) is 7.98. The van der Waals surface area contributed by atoms with E-state index in [0.29, 0.717) is 17.2 Å². The molecule has 9 nitrogen and oxygen atoms in total. The molecule has 4 N–H and O–H groups in total. The highest BCUT2D eigenvalue weighted by Gasteiger charge is 2.21. The number of nitrogens with two attached hydrogens (primary N) is 2. The van der Waals surface area contributed by atoms with Gasteiger partial charge in [-0.25, -0.2) is 4.79 Å². The Labute approximate surface area is 159 Å². The van der Waals surface area contributed by atoms with E-state index < -0.39 is 11.9 Å². The van der Waals surface area contributed by atoms with Gasteiger partial charge in [0.2, 0.25) is 0 Å². The number of benzene rings is 1. The number of pyridine rings is 1. The molecule has 3 rings (SSSR count). The molecule has 0 saturated carbocycles. The lowest BCUT2D eigenvalue weighted by molar-refractivity contribution is 0.0593. The third-order valence-electron chi connectivity index (χ3n) is 3.88. The Kier molecular flexibility index (Phi) is 4.95. The number of nitrogen functional groups attached to an aromatic ring is 1. The third-order valence-corrected chi connectivity index (χ3v) is 3.88. The zero-order valence-electron chi connectivity index (χ0n) is 14.7. The van der Waals surface area contributed by atoms with Gasteiger partial charge in [-0.1, -0.05) is 0 Å². The molecule has 2 aromatic heterocycles. The normalized spacial score (nSPS) is 10.1. The smallest absolute Gasteiger partial charge is 0.357 e. The summed E-state index contributed by atoms with van der Waals surface area (Å²) in [5.74, 6) is -0.445. The predicted octanol–water partition coefficient (Wildman–Crippen LogP) is 2.00. The maximum Gasteiger partial charge on any atom is 0.357 e. The van der Waals surface area contributed by atoms with Crippen LogP contribution in [0.2, 0.25) is 0 Å². The van der Waals surface area contributed by atoms with Crippen molar-refractivity contribution < 1.29 is 19.1 Å². The van der Waals surface area contributed by atoms with Crippen LogP contribution in [0.4, 0.5) is 5.69 Å². The summed E-state index contributed by atoms with van der Waals surface area (Å²) in [4.78, 5) is 27.1. The number of nitrogens with zero attached hydrogens (tertiary/aromatic N) is 3. The quantitative estimate of drug-likeness (QED) is 0.646. The van der Waals surface area contributed by atoms with Crippen molar-refractivity contribution >= 4 is 17.6 Å². The lowest BCUT2D eigenvalue weighted by atomic mass is 10.2. The fourth-order valence-electron chi connectivity index (χ4n) is 2.54. The molecule has 0 atom stereocenters. The molecule has 2 heterocycles. The number of esters is 1. The fraction of sp³-hybridized carbons (Fsp3) is 0.0526. The van der Waals surface area contributed by atoms with E-state index >= 15 is 0 Å². The van der Waals surface area contributed by atoms with Crippen LogP contribution in [0.1, 0.15) is 26.5 Å². The van der Waals surface area contributed by atoms with Crippen LogP contribution in [0.15, 0.2) is 48.8 Å². The number of ether oxygens (including phenoxy) is 2. The molecule has 0 saturated heterocycles. The number of methoxy groups -OCH3 is 1. The average molecular weight is 377 g/mol. The Hall–Kier alpha value is -4.32. The van der Waals surface area contributed by atoms with Gasteiger partial charge in [0.25, 0.3) is 5.91 Å². The summed E-state index contributed by atoms with van der Waals surface area (Å²) >= 11 is 0. The SMILES string of the molecule is COC(=O)c1c(N)c(C#N)cn1-c1ccc(Oc2ccnc(C(N)=O)c2)cc1. The lowest BCUT2D eigenvalue weighted by Gasteiger charge is -2.10. The topological polar surface area (TPSA) is 146 Å². The average Bonchev–Trinajstić information content (AvgIpc) is 3.04. The van der Waals surface area contributed by atoms with Crippen LogP contribution in [0.3, 0.4) is 0 Å². The van der Waals surface area contributed by atoms with E-state index in [2.05, 4.69) is 4.98 Å². The van der Waals surface area contributed by atoms with Gasteiger partial charge in [0, 0.05) is 24.1 Å². The van der Waals surface area contributed by atoms with Gasteiger partial charge >= 0.3 is 5.97 Å². The molecule has 1 amide bonds. The van der Waals surface area contributed by atoms with Crippen LogP contribution in [0.5, 0.6) is 11.5 Å². The fourth-order valence-corrected chi connectivity index (χ4v) is 2.54. The van der Waals surface area contributed by atoms with Gasteiger partial charge in [-0.05, 0) is 30.3 Å². The minimum Gasteiger partial charge on any atom is -0.464 e. The molecule has 0 aliphatic heterocycles. The van der Waals surface area contributed by atoms with E-state index in [4.69, 9.17) is 20.9 Å². The van der Waals surface area contributed by atoms with Crippen molar-refractivity contribution in [2.75, 3.05) is 12.8 Å². The standard InChI is InChI=1S/C19H15N5O4/c1-27-19(26)17-16(21)11(9-20)10-24(17)12-2-4-13(5-3-12)28-14-6-7-23-15(8-14)18(22)25/h2-8,10H,21H2,1H3,(H2,22,25). The van der Waals surface area contributed by atoms with Crippen LogP contribution in [-0.2, 0) is 4.74 Å². The van der Waals surface area contributed by atoms with E-state index in [1.54, 1.807) is 30.3 Å². The number of rotatable bonds is 5. The summed E-state index contributed by atoms with van der Waals surface area (Å²) in [5.41, 5.74) is 12.0. The second-order valence-electron chi connectivity index (χ2n) is 5.62. The Bertz CT molecular complexity index is 1100. The highest BCUT2D eigenvalue weighted by Crippen LogP contribution is 2.27. The number of primary amides is 1. The molecule has 3 aromatic rings. The third kappa shape index (κ3) is 3.47. The number of hydrogen-bond donors (Lipinski definition) is 2. The monoisotopic (exact) mass is 377 g/mol. The minimum absolute atomic E-state index is 0.0467. The molecule has 28 heavy (non-hydrogen) atoms. The lowest BCUT2D eigenvalue weighted by Crippen LogP contribution is -2.12. The number of carbonyl (C=O) groups is 2. The summed E-state index contributed by atoms with van der Waals surface area (Å²) in [7, 11) is 1.23.